The predicted molar refractivity (Wildman–Crippen MR) is 78.9 cm³/mol. The Kier molecular flexibility index (Phi) is 6.20. The van der Waals surface area contributed by atoms with Crippen molar-refractivity contribution in [3.8, 4) is 0 Å². The third kappa shape index (κ3) is 4.11. The molecule has 0 radical (unpaired) electrons. The Morgan fingerprint density at radius 3 is 2.65 bits per heavy atom. The van der Waals surface area contributed by atoms with E-state index in [9.17, 15) is 4.79 Å². The largest absolute Gasteiger partial charge is 0.338 e. The number of carbonyl (C=O) groups is 1. The zero-order valence-corrected chi connectivity index (χ0v) is 13.3. The van der Waals surface area contributed by atoms with E-state index in [4.69, 9.17) is 0 Å². The second-order valence-corrected chi connectivity index (χ2v) is 5.65. The SMILES string of the molecule is CCCN(CCBr)C(=O)c1cc(Br)ccc1C. The molecule has 0 saturated carbocycles. The second-order valence-electron chi connectivity index (χ2n) is 3.94. The van der Waals surface area contributed by atoms with Gasteiger partial charge >= 0.3 is 0 Å². The Morgan fingerprint density at radius 1 is 1.35 bits per heavy atom. The van der Waals surface area contributed by atoms with Gasteiger partial charge < -0.3 is 4.90 Å². The van der Waals surface area contributed by atoms with Crippen molar-refractivity contribution < 1.29 is 4.79 Å². The molecule has 0 aliphatic rings. The van der Waals surface area contributed by atoms with Crippen LogP contribution in [0.5, 0.6) is 0 Å². The van der Waals surface area contributed by atoms with Gasteiger partial charge in [-0.1, -0.05) is 44.8 Å². The Bertz CT molecular complexity index is 387. The van der Waals surface area contributed by atoms with Crippen molar-refractivity contribution in [3.05, 3.63) is 33.8 Å². The minimum absolute atomic E-state index is 0.116. The summed E-state index contributed by atoms with van der Waals surface area (Å²) in [6.07, 6.45) is 0.978. The van der Waals surface area contributed by atoms with Gasteiger partial charge in [0.25, 0.3) is 5.91 Å². The van der Waals surface area contributed by atoms with Crippen LogP contribution in [0.2, 0.25) is 0 Å². The summed E-state index contributed by atoms with van der Waals surface area (Å²) in [7, 11) is 0. The number of hydrogen-bond acceptors (Lipinski definition) is 1. The number of nitrogens with zero attached hydrogens (tertiary/aromatic N) is 1. The summed E-state index contributed by atoms with van der Waals surface area (Å²) >= 11 is 6.80. The molecule has 0 spiro atoms. The fraction of sp³-hybridized carbons (Fsp3) is 0.462. The lowest BCUT2D eigenvalue weighted by molar-refractivity contribution is 0.0765. The molecule has 17 heavy (non-hydrogen) atoms. The van der Waals surface area contributed by atoms with Crippen LogP contribution in [0, 0.1) is 6.92 Å². The van der Waals surface area contributed by atoms with Gasteiger partial charge in [0.15, 0.2) is 0 Å². The van der Waals surface area contributed by atoms with Crippen LogP contribution in [0.1, 0.15) is 29.3 Å². The summed E-state index contributed by atoms with van der Waals surface area (Å²) in [6, 6.07) is 5.82. The Labute approximate surface area is 120 Å². The maximum atomic E-state index is 12.4. The van der Waals surface area contributed by atoms with Gasteiger partial charge in [-0.25, -0.2) is 0 Å². The summed E-state index contributed by atoms with van der Waals surface area (Å²) in [5.74, 6) is 0.116. The molecule has 2 nitrogen and oxygen atoms in total. The molecule has 0 bridgehead atoms. The quantitative estimate of drug-likeness (QED) is 0.725. The standard InChI is InChI=1S/C13H17Br2NO/c1-3-7-16(8-6-14)13(17)12-9-11(15)5-4-10(12)2/h4-5,9H,3,6-8H2,1-2H3. The number of aryl methyl sites for hydroxylation is 1. The highest BCUT2D eigenvalue weighted by atomic mass is 79.9. The normalized spacial score (nSPS) is 10.4. The van der Waals surface area contributed by atoms with Gasteiger partial charge in [0.1, 0.15) is 0 Å². The first-order valence-electron chi connectivity index (χ1n) is 5.71. The fourth-order valence-corrected chi connectivity index (χ4v) is 2.47. The molecule has 1 rings (SSSR count). The Morgan fingerprint density at radius 2 is 2.06 bits per heavy atom. The van der Waals surface area contributed by atoms with Gasteiger partial charge in [-0.15, -0.1) is 0 Å². The van der Waals surface area contributed by atoms with Gasteiger partial charge in [0.05, 0.1) is 0 Å². The van der Waals surface area contributed by atoms with Gasteiger partial charge in [0.2, 0.25) is 0 Å². The van der Waals surface area contributed by atoms with Crippen LogP contribution in [0.4, 0.5) is 0 Å². The van der Waals surface area contributed by atoms with Crippen LogP contribution in [0.15, 0.2) is 22.7 Å². The maximum Gasteiger partial charge on any atom is 0.254 e. The third-order valence-electron chi connectivity index (χ3n) is 2.57. The zero-order valence-electron chi connectivity index (χ0n) is 10.2. The number of rotatable bonds is 5. The van der Waals surface area contributed by atoms with Crippen LogP contribution >= 0.6 is 31.9 Å². The molecule has 0 fully saturated rings. The van der Waals surface area contributed by atoms with Crippen molar-refractivity contribution in [1.29, 1.82) is 0 Å². The maximum absolute atomic E-state index is 12.4. The molecule has 1 aromatic rings. The fourth-order valence-electron chi connectivity index (χ4n) is 1.68. The zero-order chi connectivity index (χ0) is 12.8. The van der Waals surface area contributed by atoms with Crippen molar-refractivity contribution in [2.24, 2.45) is 0 Å². The average molecular weight is 363 g/mol. The second kappa shape index (κ2) is 7.17. The Balaban J connectivity index is 2.95. The summed E-state index contributed by atoms with van der Waals surface area (Å²) in [5.41, 5.74) is 1.81. The molecule has 0 aliphatic carbocycles. The summed E-state index contributed by atoms with van der Waals surface area (Å²) in [4.78, 5) is 14.3. The molecule has 0 aromatic heterocycles. The average Bonchev–Trinajstić information content (AvgIpc) is 2.31. The van der Waals surface area contributed by atoms with E-state index in [0.29, 0.717) is 0 Å². The highest BCUT2D eigenvalue weighted by Crippen LogP contribution is 2.18. The first kappa shape index (κ1) is 14.7. The van der Waals surface area contributed by atoms with Crippen LogP contribution in [0.3, 0.4) is 0 Å². The number of amides is 1. The van der Waals surface area contributed by atoms with Gasteiger partial charge in [-0.2, -0.15) is 0 Å². The van der Waals surface area contributed by atoms with Crippen molar-refractivity contribution in [3.63, 3.8) is 0 Å². The summed E-state index contributed by atoms with van der Waals surface area (Å²) in [5, 5.41) is 0.811. The molecule has 4 heteroatoms. The first-order valence-corrected chi connectivity index (χ1v) is 7.63. The lowest BCUT2D eigenvalue weighted by Crippen LogP contribution is -2.33. The number of carbonyl (C=O) groups excluding carboxylic acids is 1. The van der Waals surface area contributed by atoms with Gasteiger partial charge in [0, 0.05) is 28.5 Å². The molecule has 0 N–H and O–H groups in total. The molecule has 0 aliphatic heterocycles. The van der Waals surface area contributed by atoms with E-state index < -0.39 is 0 Å². The predicted octanol–water partition coefficient (Wildman–Crippen LogP) is 4.00. The minimum Gasteiger partial charge on any atom is -0.338 e. The number of halogens is 2. The van der Waals surface area contributed by atoms with E-state index >= 15 is 0 Å². The van der Waals surface area contributed by atoms with Crippen LogP contribution in [-0.2, 0) is 0 Å². The first-order chi connectivity index (χ1) is 8.10. The topological polar surface area (TPSA) is 20.3 Å². The van der Waals surface area contributed by atoms with E-state index in [2.05, 4.69) is 38.8 Å². The molecule has 94 valence electrons. The molecule has 0 heterocycles. The van der Waals surface area contributed by atoms with E-state index in [1.165, 1.54) is 0 Å². The molecule has 1 amide bonds. The smallest absolute Gasteiger partial charge is 0.254 e. The van der Waals surface area contributed by atoms with E-state index in [-0.39, 0.29) is 5.91 Å². The molecule has 0 saturated heterocycles. The molecular weight excluding hydrogens is 346 g/mol. The molecule has 1 aromatic carbocycles. The van der Waals surface area contributed by atoms with Crippen LogP contribution in [-0.4, -0.2) is 29.2 Å². The van der Waals surface area contributed by atoms with Gasteiger partial charge in [-0.3, -0.25) is 4.79 Å². The molecule has 0 atom stereocenters. The lowest BCUT2D eigenvalue weighted by Gasteiger charge is -2.22. The summed E-state index contributed by atoms with van der Waals surface area (Å²) in [6.45, 7) is 5.61. The number of benzene rings is 1. The monoisotopic (exact) mass is 361 g/mol. The van der Waals surface area contributed by atoms with Gasteiger partial charge in [-0.05, 0) is 31.0 Å². The van der Waals surface area contributed by atoms with Crippen molar-refractivity contribution in [1.82, 2.24) is 4.90 Å². The lowest BCUT2D eigenvalue weighted by atomic mass is 10.1. The third-order valence-corrected chi connectivity index (χ3v) is 3.41. The van der Waals surface area contributed by atoms with E-state index in [0.717, 1.165) is 40.4 Å². The number of hydrogen-bond donors (Lipinski definition) is 0. The minimum atomic E-state index is 0.116. The van der Waals surface area contributed by atoms with Crippen LogP contribution < -0.4 is 0 Å². The Hall–Kier alpha value is -0.350. The van der Waals surface area contributed by atoms with E-state index in [1.807, 2.05) is 30.0 Å². The highest BCUT2D eigenvalue weighted by molar-refractivity contribution is 9.10. The van der Waals surface area contributed by atoms with Crippen molar-refractivity contribution in [2.45, 2.75) is 20.3 Å². The van der Waals surface area contributed by atoms with E-state index in [1.54, 1.807) is 0 Å². The van der Waals surface area contributed by atoms with Crippen LogP contribution in [0.25, 0.3) is 0 Å². The van der Waals surface area contributed by atoms with Crippen molar-refractivity contribution >= 4 is 37.8 Å². The molecule has 0 unspecified atom stereocenters. The highest BCUT2D eigenvalue weighted by Gasteiger charge is 2.16. The summed E-state index contributed by atoms with van der Waals surface area (Å²) < 4.78 is 0.946. The molecular formula is C13H17Br2NO. The van der Waals surface area contributed by atoms with Crippen molar-refractivity contribution in [2.75, 3.05) is 18.4 Å². The number of alkyl halides is 1.